The summed E-state index contributed by atoms with van der Waals surface area (Å²) in [5.74, 6) is -1.73. The van der Waals surface area contributed by atoms with Crippen LogP contribution in [-0.2, 0) is 4.74 Å². The lowest BCUT2D eigenvalue weighted by molar-refractivity contribution is 0.0950. The Bertz CT molecular complexity index is 702. The Balaban J connectivity index is 1.43. The number of benzene rings is 1. The molecule has 2 heterocycles. The molecule has 2 aliphatic heterocycles. The Morgan fingerprint density at radius 1 is 1.04 bits per heavy atom. The number of piperidine rings is 1. The molecule has 7 nitrogen and oxygen atoms in total. The number of halogens is 2. The van der Waals surface area contributed by atoms with Gasteiger partial charge in [0.1, 0.15) is 0 Å². The maximum absolute atomic E-state index is 13.4. The molecule has 9 heteroatoms. The fourth-order valence-electron chi connectivity index (χ4n) is 3.54. The van der Waals surface area contributed by atoms with Crippen molar-refractivity contribution in [3.8, 4) is 0 Å². The second-order valence-electron chi connectivity index (χ2n) is 6.98. The van der Waals surface area contributed by atoms with E-state index in [0.717, 1.165) is 6.07 Å². The van der Waals surface area contributed by atoms with Gasteiger partial charge in [0, 0.05) is 57.1 Å². The molecule has 0 aliphatic carbocycles. The topological polar surface area (TPSA) is 65.1 Å². The van der Waals surface area contributed by atoms with E-state index in [-0.39, 0.29) is 18.2 Å². The third kappa shape index (κ3) is 4.82. The maximum atomic E-state index is 13.4. The molecular weight excluding hydrogens is 370 g/mol. The van der Waals surface area contributed by atoms with E-state index in [1.807, 2.05) is 4.90 Å². The van der Waals surface area contributed by atoms with E-state index in [2.05, 4.69) is 5.32 Å². The second-order valence-corrected chi connectivity index (χ2v) is 6.98. The zero-order valence-corrected chi connectivity index (χ0v) is 16.0. The molecule has 1 aromatic rings. The number of carbonyl (C=O) groups excluding carboxylic acids is 2. The van der Waals surface area contributed by atoms with Crippen molar-refractivity contribution in [2.75, 3.05) is 50.8 Å². The minimum atomic E-state index is -0.869. The van der Waals surface area contributed by atoms with E-state index in [0.29, 0.717) is 64.4 Å². The minimum absolute atomic E-state index is 0.0300. The Morgan fingerprint density at radius 2 is 1.71 bits per heavy atom. The van der Waals surface area contributed by atoms with Crippen LogP contribution < -0.4 is 10.2 Å². The highest BCUT2D eigenvalue weighted by Crippen LogP contribution is 2.20. The quantitative estimate of drug-likeness (QED) is 0.852. The summed E-state index contributed by atoms with van der Waals surface area (Å²) in [5.41, 5.74) is 0.616. The van der Waals surface area contributed by atoms with Gasteiger partial charge in [0.2, 0.25) is 0 Å². The average Bonchev–Trinajstić information content (AvgIpc) is 2.71. The lowest BCUT2D eigenvalue weighted by Gasteiger charge is -2.38. The van der Waals surface area contributed by atoms with E-state index in [1.165, 1.54) is 6.07 Å². The van der Waals surface area contributed by atoms with E-state index in [1.54, 1.807) is 22.8 Å². The highest BCUT2D eigenvalue weighted by molar-refractivity contribution is 5.75. The summed E-state index contributed by atoms with van der Waals surface area (Å²) < 4.78 is 31.5. The first-order chi connectivity index (χ1) is 13.5. The van der Waals surface area contributed by atoms with Gasteiger partial charge in [0.15, 0.2) is 11.6 Å². The Kier molecular flexibility index (Phi) is 6.53. The molecule has 3 rings (SSSR count). The molecular formula is C19H26F2N4O3. The molecule has 0 radical (unpaired) electrons. The number of hydrogen-bond acceptors (Lipinski definition) is 4. The summed E-state index contributed by atoms with van der Waals surface area (Å²) >= 11 is 0. The number of piperazine rings is 1. The molecule has 0 unspecified atom stereocenters. The summed E-state index contributed by atoms with van der Waals surface area (Å²) in [4.78, 5) is 29.6. The van der Waals surface area contributed by atoms with Crippen LogP contribution in [-0.4, -0.2) is 73.8 Å². The SMILES string of the molecule is CCOC(=O)N1CCC(NC(=O)N2CCN(c3ccc(F)c(F)c3)CC2)CC1. The van der Waals surface area contributed by atoms with Crippen molar-refractivity contribution in [2.45, 2.75) is 25.8 Å². The van der Waals surface area contributed by atoms with Crippen LogP contribution in [0.15, 0.2) is 18.2 Å². The first-order valence-electron chi connectivity index (χ1n) is 9.65. The van der Waals surface area contributed by atoms with E-state index >= 15 is 0 Å². The fraction of sp³-hybridized carbons (Fsp3) is 0.579. The first-order valence-corrected chi connectivity index (χ1v) is 9.65. The lowest BCUT2D eigenvalue weighted by Crippen LogP contribution is -2.55. The van der Waals surface area contributed by atoms with E-state index in [9.17, 15) is 18.4 Å². The molecule has 1 aromatic carbocycles. The van der Waals surface area contributed by atoms with E-state index in [4.69, 9.17) is 4.74 Å². The van der Waals surface area contributed by atoms with Gasteiger partial charge in [-0.3, -0.25) is 0 Å². The maximum Gasteiger partial charge on any atom is 0.409 e. The van der Waals surface area contributed by atoms with Crippen molar-refractivity contribution >= 4 is 17.8 Å². The molecule has 0 spiro atoms. The van der Waals surface area contributed by atoms with Crippen molar-refractivity contribution in [1.82, 2.24) is 15.1 Å². The highest BCUT2D eigenvalue weighted by Gasteiger charge is 2.27. The van der Waals surface area contributed by atoms with Crippen LogP contribution in [0, 0.1) is 11.6 Å². The Labute approximate surface area is 163 Å². The van der Waals surface area contributed by atoms with Crippen molar-refractivity contribution in [3.63, 3.8) is 0 Å². The van der Waals surface area contributed by atoms with Crippen LogP contribution >= 0.6 is 0 Å². The number of urea groups is 1. The van der Waals surface area contributed by atoms with E-state index < -0.39 is 11.6 Å². The summed E-state index contributed by atoms with van der Waals surface area (Å²) in [6.45, 7) is 5.38. The minimum Gasteiger partial charge on any atom is -0.450 e. The summed E-state index contributed by atoms with van der Waals surface area (Å²) in [7, 11) is 0. The second kappa shape index (κ2) is 9.07. The average molecular weight is 396 g/mol. The standard InChI is InChI=1S/C19H26F2N4O3/c1-2-28-19(27)25-7-5-14(6-8-25)22-18(26)24-11-9-23(10-12-24)15-3-4-16(20)17(21)13-15/h3-4,13-14H,2,5-12H2,1H3,(H,22,26). The molecule has 0 bridgehead atoms. The van der Waals surface area contributed by atoms with Crippen molar-refractivity contribution in [1.29, 1.82) is 0 Å². The number of anilines is 1. The normalized spacial score (nSPS) is 18.2. The van der Waals surface area contributed by atoms with Crippen molar-refractivity contribution < 1.29 is 23.1 Å². The number of likely N-dealkylation sites (tertiary alicyclic amines) is 1. The van der Waals surface area contributed by atoms with Gasteiger partial charge in [0.25, 0.3) is 0 Å². The smallest absolute Gasteiger partial charge is 0.409 e. The lowest BCUT2D eigenvalue weighted by atomic mass is 10.1. The zero-order valence-electron chi connectivity index (χ0n) is 16.0. The van der Waals surface area contributed by atoms with Crippen LogP contribution in [0.25, 0.3) is 0 Å². The number of carbonyl (C=O) groups is 2. The molecule has 154 valence electrons. The summed E-state index contributed by atoms with van der Waals surface area (Å²) in [5, 5.41) is 3.03. The van der Waals surface area contributed by atoms with Gasteiger partial charge in [-0.1, -0.05) is 0 Å². The third-order valence-corrected chi connectivity index (χ3v) is 5.18. The largest absolute Gasteiger partial charge is 0.450 e. The van der Waals surface area contributed by atoms with Crippen molar-refractivity contribution in [2.24, 2.45) is 0 Å². The van der Waals surface area contributed by atoms with Gasteiger partial charge in [-0.15, -0.1) is 0 Å². The molecule has 0 atom stereocenters. The van der Waals surface area contributed by atoms with Gasteiger partial charge in [-0.05, 0) is 31.9 Å². The Hall–Kier alpha value is -2.58. The molecule has 3 amide bonds. The monoisotopic (exact) mass is 396 g/mol. The van der Waals surface area contributed by atoms with Crippen LogP contribution in [0.3, 0.4) is 0 Å². The van der Waals surface area contributed by atoms with Crippen LogP contribution in [0.1, 0.15) is 19.8 Å². The molecule has 2 saturated heterocycles. The van der Waals surface area contributed by atoms with Crippen LogP contribution in [0.4, 0.5) is 24.1 Å². The Morgan fingerprint density at radius 3 is 2.32 bits per heavy atom. The summed E-state index contributed by atoms with van der Waals surface area (Å²) in [6, 6.07) is 3.75. The van der Waals surface area contributed by atoms with Crippen LogP contribution in [0.2, 0.25) is 0 Å². The number of nitrogens with one attached hydrogen (secondary N) is 1. The predicted octanol–water partition coefficient (Wildman–Crippen LogP) is 2.42. The first kappa shape index (κ1) is 20.2. The number of nitrogens with zero attached hydrogens (tertiary/aromatic N) is 3. The van der Waals surface area contributed by atoms with Gasteiger partial charge in [-0.2, -0.15) is 0 Å². The number of rotatable bonds is 3. The molecule has 0 saturated carbocycles. The molecule has 0 aromatic heterocycles. The zero-order chi connectivity index (χ0) is 20.1. The molecule has 2 aliphatic rings. The summed E-state index contributed by atoms with van der Waals surface area (Å²) in [6.07, 6.45) is 1.08. The number of hydrogen-bond donors (Lipinski definition) is 1. The number of amides is 3. The van der Waals surface area contributed by atoms with Crippen LogP contribution in [0.5, 0.6) is 0 Å². The predicted molar refractivity (Wildman–Crippen MR) is 100 cm³/mol. The third-order valence-electron chi connectivity index (χ3n) is 5.18. The van der Waals surface area contributed by atoms with Crippen molar-refractivity contribution in [3.05, 3.63) is 29.8 Å². The van der Waals surface area contributed by atoms with Gasteiger partial charge < -0.3 is 24.8 Å². The fourth-order valence-corrected chi connectivity index (χ4v) is 3.54. The van der Waals surface area contributed by atoms with Gasteiger partial charge in [-0.25, -0.2) is 18.4 Å². The molecule has 1 N–H and O–H groups in total. The molecule has 28 heavy (non-hydrogen) atoms. The number of ether oxygens (including phenoxy) is 1. The highest BCUT2D eigenvalue weighted by atomic mass is 19.2. The molecule has 2 fully saturated rings. The van der Waals surface area contributed by atoms with Gasteiger partial charge >= 0.3 is 12.1 Å². The van der Waals surface area contributed by atoms with Gasteiger partial charge in [0.05, 0.1) is 6.61 Å².